The van der Waals surface area contributed by atoms with Gasteiger partial charge < -0.3 is 14.4 Å². The standard InChI is InChI=1S/C18H23N3O3/c1-23-16-6-2-7-17(11-16)24-14-15-5-3-9-20(12-15)18(22)13-21-10-4-8-19-21/h2,4,6-8,10-11,15H,3,5,9,12-14H2,1H3/t15-/m1/s1. The average Bonchev–Trinajstić information content (AvgIpc) is 3.13. The predicted molar refractivity (Wildman–Crippen MR) is 90.0 cm³/mol. The van der Waals surface area contributed by atoms with Crippen LogP contribution in [0.15, 0.2) is 42.7 Å². The average molecular weight is 329 g/mol. The number of benzene rings is 1. The second-order valence-corrected chi connectivity index (χ2v) is 6.04. The van der Waals surface area contributed by atoms with Crippen molar-refractivity contribution in [1.29, 1.82) is 0 Å². The minimum absolute atomic E-state index is 0.116. The van der Waals surface area contributed by atoms with Crippen molar-refractivity contribution in [3.63, 3.8) is 0 Å². The monoisotopic (exact) mass is 329 g/mol. The Hall–Kier alpha value is -2.50. The van der Waals surface area contributed by atoms with Crippen LogP contribution in [0.3, 0.4) is 0 Å². The molecule has 0 spiro atoms. The van der Waals surface area contributed by atoms with Crippen LogP contribution in [0, 0.1) is 5.92 Å². The maximum Gasteiger partial charge on any atom is 0.244 e. The molecule has 1 saturated heterocycles. The number of hydrogen-bond donors (Lipinski definition) is 0. The Bertz CT molecular complexity index is 657. The highest BCUT2D eigenvalue weighted by molar-refractivity contribution is 5.76. The summed E-state index contributed by atoms with van der Waals surface area (Å²) in [5.41, 5.74) is 0. The van der Waals surface area contributed by atoms with Gasteiger partial charge in [-0.2, -0.15) is 5.10 Å². The van der Waals surface area contributed by atoms with Crippen molar-refractivity contribution in [2.45, 2.75) is 19.4 Å². The van der Waals surface area contributed by atoms with Gasteiger partial charge in [-0.1, -0.05) is 6.07 Å². The van der Waals surface area contributed by atoms with Gasteiger partial charge in [-0.3, -0.25) is 9.48 Å². The van der Waals surface area contributed by atoms with Gasteiger partial charge in [0.05, 0.1) is 13.7 Å². The van der Waals surface area contributed by atoms with E-state index in [-0.39, 0.29) is 5.91 Å². The quantitative estimate of drug-likeness (QED) is 0.815. The van der Waals surface area contributed by atoms with Crippen LogP contribution in [-0.2, 0) is 11.3 Å². The molecule has 1 aliphatic rings. The van der Waals surface area contributed by atoms with E-state index in [9.17, 15) is 4.79 Å². The van der Waals surface area contributed by atoms with Gasteiger partial charge in [0, 0.05) is 37.5 Å². The van der Waals surface area contributed by atoms with Crippen molar-refractivity contribution in [2.24, 2.45) is 5.92 Å². The first-order valence-corrected chi connectivity index (χ1v) is 8.26. The van der Waals surface area contributed by atoms with E-state index in [0.717, 1.165) is 37.4 Å². The van der Waals surface area contributed by atoms with Crippen LogP contribution in [0.25, 0.3) is 0 Å². The summed E-state index contributed by atoms with van der Waals surface area (Å²) in [6.45, 7) is 2.47. The Balaban J connectivity index is 1.50. The molecule has 6 heteroatoms. The number of carbonyl (C=O) groups excluding carboxylic acids is 1. The molecule has 2 heterocycles. The first-order valence-electron chi connectivity index (χ1n) is 8.26. The van der Waals surface area contributed by atoms with Gasteiger partial charge in [0.25, 0.3) is 0 Å². The number of rotatable bonds is 6. The van der Waals surface area contributed by atoms with Crippen molar-refractivity contribution in [3.8, 4) is 11.5 Å². The molecule has 1 fully saturated rings. The second kappa shape index (κ2) is 7.86. The molecule has 1 atom stereocenters. The molecule has 0 aliphatic carbocycles. The summed E-state index contributed by atoms with van der Waals surface area (Å²) in [5.74, 6) is 2.05. The lowest BCUT2D eigenvalue weighted by Gasteiger charge is -2.32. The van der Waals surface area contributed by atoms with E-state index in [1.165, 1.54) is 0 Å². The van der Waals surface area contributed by atoms with Crippen LogP contribution in [0.4, 0.5) is 0 Å². The Morgan fingerprint density at radius 1 is 1.33 bits per heavy atom. The molecule has 0 bridgehead atoms. The van der Waals surface area contributed by atoms with E-state index in [2.05, 4.69) is 5.10 Å². The number of methoxy groups -OCH3 is 1. The number of amides is 1. The van der Waals surface area contributed by atoms with Gasteiger partial charge in [0.15, 0.2) is 0 Å². The summed E-state index contributed by atoms with van der Waals surface area (Å²) in [7, 11) is 1.64. The van der Waals surface area contributed by atoms with Gasteiger partial charge in [-0.05, 0) is 31.0 Å². The van der Waals surface area contributed by atoms with Crippen molar-refractivity contribution in [3.05, 3.63) is 42.7 Å². The summed E-state index contributed by atoms with van der Waals surface area (Å²) < 4.78 is 12.8. The van der Waals surface area contributed by atoms with Gasteiger partial charge in [0.2, 0.25) is 5.91 Å². The molecule has 3 rings (SSSR count). The fraction of sp³-hybridized carbons (Fsp3) is 0.444. The van der Waals surface area contributed by atoms with E-state index in [4.69, 9.17) is 9.47 Å². The van der Waals surface area contributed by atoms with Crippen LogP contribution >= 0.6 is 0 Å². The van der Waals surface area contributed by atoms with E-state index in [0.29, 0.717) is 19.1 Å². The minimum atomic E-state index is 0.116. The van der Waals surface area contributed by atoms with Crippen LogP contribution in [0.2, 0.25) is 0 Å². The minimum Gasteiger partial charge on any atom is -0.497 e. The van der Waals surface area contributed by atoms with Crippen molar-refractivity contribution in [2.75, 3.05) is 26.8 Å². The number of ether oxygens (including phenoxy) is 2. The lowest BCUT2D eigenvalue weighted by atomic mass is 9.99. The summed E-state index contributed by atoms with van der Waals surface area (Å²) in [6.07, 6.45) is 5.59. The fourth-order valence-corrected chi connectivity index (χ4v) is 2.97. The Morgan fingerprint density at radius 2 is 2.21 bits per heavy atom. The smallest absolute Gasteiger partial charge is 0.244 e. The highest BCUT2D eigenvalue weighted by Crippen LogP contribution is 2.22. The molecule has 0 unspecified atom stereocenters. The van der Waals surface area contributed by atoms with Gasteiger partial charge in [-0.25, -0.2) is 0 Å². The van der Waals surface area contributed by atoms with Crippen molar-refractivity contribution in [1.82, 2.24) is 14.7 Å². The number of likely N-dealkylation sites (tertiary alicyclic amines) is 1. The fourth-order valence-electron chi connectivity index (χ4n) is 2.97. The summed E-state index contributed by atoms with van der Waals surface area (Å²) in [5, 5.41) is 4.10. The highest BCUT2D eigenvalue weighted by atomic mass is 16.5. The highest BCUT2D eigenvalue weighted by Gasteiger charge is 2.24. The van der Waals surface area contributed by atoms with E-state index < -0.39 is 0 Å². The molecule has 1 aliphatic heterocycles. The maximum atomic E-state index is 12.4. The summed E-state index contributed by atoms with van der Waals surface area (Å²) >= 11 is 0. The molecular formula is C18H23N3O3. The third-order valence-electron chi connectivity index (χ3n) is 4.26. The van der Waals surface area contributed by atoms with E-state index in [1.807, 2.05) is 41.4 Å². The molecule has 0 N–H and O–H groups in total. The zero-order valence-electron chi connectivity index (χ0n) is 13.9. The molecule has 6 nitrogen and oxygen atoms in total. The van der Waals surface area contributed by atoms with Gasteiger partial charge >= 0.3 is 0 Å². The number of carbonyl (C=O) groups is 1. The number of hydrogen-bond acceptors (Lipinski definition) is 4. The topological polar surface area (TPSA) is 56.6 Å². The van der Waals surface area contributed by atoms with Crippen molar-refractivity contribution >= 4 is 5.91 Å². The zero-order chi connectivity index (χ0) is 16.8. The van der Waals surface area contributed by atoms with Crippen LogP contribution in [-0.4, -0.2) is 47.4 Å². The summed E-state index contributed by atoms with van der Waals surface area (Å²) in [4.78, 5) is 14.3. The Labute approximate surface area is 142 Å². The first-order chi connectivity index (χ1) is 11.7. The molecule has 24 heavy (non-hydrogen) atoms. The Kier molecular flexibility index (Phi) is 5.36. The third kappa shape index (κ3) is 4.28. The molecule has 2 aromatic rings. The normalized spacial score (nSPS) is 17.5. The number of piperidine rings is 1. The first kappa shape index (κ1) is 16.4. The lowest BCUT2D eigenvalue weighted by Crippen LogP contribution is -2.43. The predicted octanol–water partition coefficient (Wildman–Crippen LogP) is 2.21. The van der Waals surface area contributed by atoms with E-state index in [1.54, 1.807) is 18.0 Å². The zero-order valence-corrected chi connectivity index (χ0v) is 13.9. The Morgan fingerprint density at radius 3 is 3.00 bits per heavy atom. The van der Waals surface area contributed by atoms with E-state index >= 15 is 0 Å². The van der Waals surface area contributed by atoms with Crippen LogP contribution in [0.1, 0.15) is 12.8 Å². The van der Waals surface area contributed by atoms with Crippen LogP contribution < -0.4 is 9.47 Å². The lowest BCUT2D eigenvalue weighted by molar-refractivity contribution is -0.134. The third-order valence-corrected chi connectivity index (χ3v) is 4.26. The molecule has 1 aromatic heterocycles. The SMILES string of the molecule is COc1cccc(OC[C@@H]2CCCN(C(=O)Cn3cccn3)C2)c1. The molecule has 1 amide bonds. The van der Waals surface area contributed by atoms with Gasteiger partial charge in [-0.15, -0.1) is 0 Å². The maximum absolute atomic E-state index is 12.4. The number of nitrogens with zero attached hydrogens (tertiary/aromatic N) is 3. The second-order valence-electron chi connectivity index (χ2n) is 6.04. The van der Waals surface area contributed by atoms with Crippen LogP contribution in [0.5, 0.6) is 11.5 Å². The largest absolute Gasteiger partial charge is 0.497 e. The molecule has 0 saturated carbocycles. The van der Waals surface area contributed by atoms with Gasteiger partial charge in [0.1, 0.15) is 18.0 Å². The number of aromatic nitrogens is 2. The van der Waals surface area contributed by atoms with Crippen molar-refractivity contribution < 1.29 is 14.3 Å². The molecule has 128 valence electrons. The molecule has 0 radical (unpaired) electrons. The summed E-state index contributed by atoms with van der Waals surface area (Å²) in [6, 6.07) is 9.43. The molecule has 1 aromatic carbocycles. The molecular weight excluding hydrogens is 306 g/mol.